The van der Waals surface area contributed by atoms with Gasteiger partial charge in [0.2, 0.25) is 0 Å². The van der Waals surface area contributed by atoms with Crippen molar-refractivity contribution >= 4 is 0 Å². The van der Waals surface area contributed by atoms with Gasteiger partial charge in [-0.25, -0.2) is 8.78 Å². The van der Waals surface area contributed by atoms with E-state index in [1.807, 2.05) is 13.8 Å². The van der Waals surface area contributed by atoms with Gasteiger partial charge in [0.05, 0.1) is 0 Å². The Labute approximate surface area is 102 Å². The van der Waals surface area contributed by atoms with Gasteiger partial charge in [0.25, 0.3) is 0 Å². The standard InChI is InChI=1S/C14H21F2N/c1-9(17-10(2)14(3,4)5)12-8-11(15)6-7-13(12)16/h6-10,17H,1-5H3. The van der Waals surface area contributed by atoms with Crippen LogP contribution in [0.2, 0.25) is 0 Å². The maximum atomic E-state index is 13.6. The summed E-state index contributed by atoms with van der Waals surface area (Å²) in [7, 11) is 0. The van der Waals surface area contributed by atoms with Gasteiger partial charge in [0.1, 0.15) is 11.6 Å². The molecule has 0 saturated heterocycles. The van der Waals surface area contributed by atoms with Gasteiger partial charge in [-0.1, -0.05) is 20.8 Å². The van der Waals surface area contributed by atoms with Crippen LogP contribution in [0.1, 0.15) is 46.2 Å². The van der Waals surface area contributed by atoms with Crippen LogP contribution in [0.25, 0.3) is 0 Å². The average molecular weight is 241 g/mol. The largest absolute Gasteiger partial charge is 0.307 e. The zero-order chi connectivity index (χ0) is 13.2. The van der Waals surface area contributed by atoms with E-state index in [1.54, 1.807) is 0 Å². The highest BCUT2D eigenvalue weighted by Gasteiger charge is 2.22. The topological polar surface area (TPSA) is 12.0 Å². The van der Waals surface area contributed by atoms with Crippen LogP contribution in [0.4, 0.5) is 8.78 Å². The van der Waals surface area contributed by atoms with Crippen molar-refractivity contribution in [3.8, 4) is 0 Å². The molecule has 1 rings (SSSR count). The minimum atomic E-state index is -0.404. The summed E-state index contributed by atoms with van der Waals surface area (Å²) in [4.78, 5) is 0. The monoisotopic (exact) mass is 241 g/mol. The van der Waals surface area contributed by atoms with E-state index in [4.69, 9.17) is 0 Å². The van der Waals surface area contributed by atoms with Crippen LogP contribution in [0, 0.1) is 17.0 Å². The molecule has 2 atom stereocenters. The second kappa shape index (κ2) is 5.13. The van der Waals surface area contributed by atoms with Gasteiger partial charge < -0.3 is 5.32 Å². The average Bonchev–Trinajstić information content (AvgIpc) is 2.20. The van der Waals surface area contributed by atoms with Gasteiger partial charge in [-0.2, -0.15) is 0 Å². The first-order valence-corrected chi connectivity index (χ1v) is 5.93. The van der Waals surface area contributed by atoms with Gasteiger partial charge in [0.15, 0.2) is 0 Å². The van der Waals surface area contributed by atoms with Crippen LogP contribution in [0.15, 0.2) is 18.2 Å². The molecule has 2 unspecified atom stereocenters. The summed E-state index contributed by atoms with van der Waals surface area (Å²) < 4.78 is 26.6. The second-order valence-electron chi connectivity index (χ2n) is 5.64. The van der Waals surface area contributed by atoms with Crippen LogP contribution < -0.4 is 5.32 Å². The van der Waals surface area contributed by atoms with Gasteiger partial charge in [-0.05, 0) is 37.5 Å². The molecule has 0 radical (unpaired) electrons. The molecule has 1 aromatic carbocycles. The predicted octanol–water partition coefficient (Wildman–Crippen LogP) is 4.05. The zero-order valence-corrected chi connectivity index (χ0v) is 11.1. The fourth-order valence-electron chi connectivity index (χ4n) is 1.56. The van der Waals surface area contributed by atoms with E-state index in [9.17, 15) is 8.78 Å². The molecule has 0 fully saturated rings. The van der Waals surface area contributed by atoms with E-state index in [0.29, 0.717) is 5.56 Å². The molecule has 0 amide bonds. The highest BCUT2D eigenvalue weighted by molar-refractivity contribution is 5.22. The fraction of sp³-hybridized carbons (Fsp3) is 0.571. The Bertz CT molecular complexity index is 382. The van der Waals surface area contributed by atoms with Crippen molar-refractivity contribution in [3.63, 3.8) is 0 Å². The summed E-state index contributed by atoms with van der Waals surface area (Å²) >= 11 is 0. The lowest BCUT2D eigenvalue weighted by molar-refractivity contribution is 0.266. The highest BCUT2D eigenvalue weighted by atomic mass is 19.1. The zero-order valence-electron chi connectivity index (χ0n) is 11.1. The van der Waals surface area contributed by atoms with Crippen LogP contribution in [-0.4, -0.2) is 6.04 Å². The first kappa shape index (κ1) is 14.1. The molecular formula is C14H21F2N. The van der Waals surface area contributed by atoms with Gasteiger partial charge in [0, 0.05) is 17.6 Å². The molecule has 0 aliphatic carbocycles. The fourth-order valence-corrected chi connectivity index (χ4v) is 1.56. The number of halogens is 2. The third-order valence-corrected chi connectivity index (χ3v) is 3.22. The van der Waals surface area contributed by atoms with Gasteiger partial charge in [-0.3, -0.25) is 0 Å². The molecule has 1 N–H and O–H groups in total. The first-order chi connectivity index (χ1) is 7.71. The van der Waals surface area contributed by atoms with Crippen molar-refractivity contribution < 1.29 is 8.78 Å². The lowest BCUT2D eigenvalue weighted by Gasteiger charge is -2.31. The highest BCUT2D eigenvalue weighted by Crippen LogP contribution is 2.24. The molecule has 0 heterocycles. The minimum Gasteiger partial charge on any atom is -0.307 e. The number of benzene rings is 1. The van der Waals surface area contributed by atoms with E-state index < -0.39 is 5.82 Å². The van der Waals surface area contributed by atoms with Crippen molar-refractivity contribution in [2.75, 3.05) is 0 Å². The number of nitrogens with one attached hydrogen (secondary N) is 1. The molecule has 0 aromatic heterocycles. The summed E-state index contributed by atoms with van der Waals surface area (Å²) in [6, 6.07) is 3.56. The van der Waals surface area contributed by atoms with Crippen molar-refractivity contribution in [3.05, 3.63) is 35.4 Å². The summed E-state index contributed by atoms with van der Waals surface area (Å²) in [6.07, 6.45) is 0. The Morgan fingerprint density at radius 1 is 1.12 bits per heavy atom. The summed E-state index contributed by atoms with van der Waals surface area (Å²) in [6.45, 7) is 10.2. The molecule has 0 bridgehead atoms. The number of hydrogen-bond donors (Lipinski definition) is 1. The van der Waals surface area contributed by atoms with Crippen LogP contribution in [0.3, 0.4) is 0 Å². The molecule has 0 saturated carbocycles. The minimum absolute atomic E-state index is 0.0814. The third kappa shape index (κ3) is 3.77. The summed E-state index contributed by atoms with van der Waals surface area (Å²) in [5, 5.41) is 3.30. The molecular weight excluding hydrogens is 220 g/mol. The molecule has 17 heavy (non-hydrogen) atoms. The van der Waals surface area contributed by atoms with E-state index in [1.165, 1.54) is 12.1 Å². The SMILES string of the molecule is CC(NC(C)C(C)(C)C)c1cc(F)ccc1F. The van der Waals surface area contributed by atoms with Crippen molar-refractivity contribution in [2.24, 2.45) is 5.41 Å². The van der Waals surface area contributed by atoms with Crippen LogP contribution in [0.5, 0.6) is 0 Å². The molecule has 3 heteroatoms. The molecule has 1 aromatic rings. The quantitative estimate of drug-likeness (QED) is 0.841. The summed E-state index contributed by atoms with van der Waals surface area (Å²) in [5.41, 5.74) is 0.457. The van der Waals surface area contributed by atoms with E-state index >= 15 is 0 Å². The number of hydrogen-bond acceptors (Lipinski definition) is 1. The van der Waals surface area contributed by atoms with E-state index in [-0.39, 0.29) is 23.3 Å². The maximum absolute atomic E-state index is 13.6. The smallest absolute Gasteiger partial charge is 0.128 e. The lowest BCUT2D eigenvalue weighted by atomic mass is 9.87. The Hall–Kier alpha value is -0.960. The molecule has 1 nitrogen and oxygen atoms in total. The number of rotatable bonds is 3. The molecule has 0 aliphatic heterocycles. The predicted molar refractivity (Wildman–Crippen MR) is 66.8 cm³/mol. The van der Waals surface area contributed by atoms with Gasteiger partial charge in [-0.15, -0.1) is 0 Å². The summed E-state index contributed by atoms with van der Waals surface area (Å²) in [5.74, 6) is -0.772. The molecule has 96 valence electrons. The first-order valence-electron chi connectivity index (χ1n) is 5.93. The van der Waals surface area contributed by atoms with Gasteiger partial charge >= 0.3 is 0 Å². The Morgan fingerprint density at radius 2 is 1.71 bits per heavy atom. The Balaban J connectivity index is 2.83. The van der Waals surface area contributed by atoms with Crippen LogP contribution in [-0.2, 0) is 0 Å². The van der Waals surface area contributed by atoms with Crippen molar-refractivity contribution in [1.82, 2.24) is 5.32 Å². The normalized spacial score (nSPS) is 15.7. The molecule has 0 spiro atoms. The third-order valence-electron chi connectivity index (χ3n) is 3.22. The Kier molecular flexibility index (Phi) is 4.26. The van der Waals surface area contributed by atoms with E-state index in [2.05, 4.69) is 26.1 Å². The Morgan fingerprint density at radius 3 is 2.24 bits per heavy atom. The van der Waals surface area contributed by atoms with Crippen LogP contribution >= 0.6 is 0 Å². The van der Waals surface area contributed by atoms with Crippen molar-refractivity contribution in [2.45, 2.75) is 46.7 Å². The van der Waals surface area contributed by atoms with Crippen molar-refractivity contribution in [1.29, 1.82) is 0 Å². The van der Waals surface area contributed by atoms with E-state index in [0.717, 1.165) is 6.07 Å². The maximum Gasteiger partial charge on any atom is 0.128 e. The lowest BCUT2D eigenvalue weighted by Crippen LogP contribution is -2.39. The second-order valence-corrected chi connectivity index (χ2v) is 5.64. The molecule has 0 aliphatic rings.